The minimum atomic E-state index is -0.227. The topological polar surface area (TPSA) is 53.2 Å². The summed E-state index contributed by atoms with van der Waals surface area (Å²) in [6.07, 6.45) is 6.59. The molecule has 21 heavy (non-hydrogen) atoms. The Bertz CT molecular complexity index is 462. The molecule has 1 aromatic rings. The second-order valence-corrected chi connectivity index (χ2v) is 6.28. The van der Waals surface area contributed by atoms with E-state index in [4.69, 9.17) is 0 Å². The summed E-state index contributed by atoms with van der Waals surface area (Å²) in [6, 6.07) is 10.7. The molecule has 1 aliphatic heterocycles. The van der Waals surface area contributed by atoms with Gasteiger partial charge in [0.1, 0.15) is 0 Å². The number of carbonyl (C=O) groups excluding carboxylic acids is 1. The molecule has 1 aromatic carbocycles. The van der Waals surface area contributed by atoms with Crippen LogP contribution in [0.5, 0.6) is 0 Å². The number of hydrogen-bond acceptors (Lipinski definition) is 2. The number of piperidine rings is 1. The first-order valence-corrected chi connectivity index (χ1v) is 8.13. The van der Waals surface area contributed by atoms with E-state index >= 15 is 0 Å². The van der Waals surface area contributed by atoms with Gasteiger partial charge in [-0.25, -0.2) is 4.79 Å². The lowest BCUT2D eigenvalue weighted by molar-refractivity contribution is 0.204. The summed E-state index contributed by atoms with van der Waals surface area (Å²) in [7, 11) is 0. The number of hydrogen-bond donors (Lipinski definition) is 3. The standard InChI is InChI=1S/C17H25N3O/c21-16(19-15-8-4-5-9-15)20-17(10-12-18-13-11-17)14-6-2-1-3-7-14/h1-3,6-7,15,18H,4-5,8-13H2,(H2,19,20,21). The van der Waals surface area contributed by atoms with Crippen molar-refractivity contribution in [3.63, 3.8) is 0 Å². The zero-order chi connectivity index (χ0) is 14.5. The summed E-state index contributed by atoms with van der Waals surface area (Å²) in [5.41, 5.74) is 0.989. The number of nitrogens with one attached hydrogen (secondary N) is 3. The lowest BCUT2D eigenvalue weighted by atomic mass is 9.81. The van der Waals surface area contributed by atoms with Crippen molar-refractivity contribution < 1.29 is 4.79 Å². The number of carbonyl (C=O) groups is 1. The first-order chi connectivity index (χ1) is 10.3. The highest BCUT2D eigenvalue weighted by Crippen LogP contribution is 2.30. The van der Waals surface area contributed by atoms with Crippen LogP contribution in [0.4, 0.5) is 4.79 Å². The zero-order valence-electron chi connectivity index (χ0n) is 12.5. The van der Waals surface area contributed by atoms with Crippen LogP contribution >= 0.6 is 0 Å². The predicted molar refractivity (Wildman–Crippen MR) is 84.1 cm³/mol. The van der Waals surface area contributed by atoms with Crippen LogP contribution in [0.15, 0.2) is 30.3 Å². The van der Waals surface area contributed by atoms with E-state index in [2.05, 4.69) is 40.2 Å². The van der Waals surface area contributed by atoms with E-state index in [1.54, 1.807) is 0 Å². The number of urea groups is 1. The van der Waals surface area contributed by atoms with Gasteiger partial charge in [0.05, 0.1) is 5.54 Å². The van der Waals surface area contributed by atoms with Crippen molar-refractivity contribution in [1.29, 1.82) is 0 Å². The molecule has 1 saturated heterocycles. The van der Waals surface area contributed by atoms with Crippen LogP contribution in [0.25, 0.3) is 0 Å². The average molecular weight is 287 g/mol. The van der Waals surface area contributed by atoms with E-state index in [0.717, 1.165) is 38.8 Å². The highest BCUT2D eigenvalue weighted by molar-refractivity contribution is 5.75. The van der Waals surface area contributed by atoms with Crippen molar-refractivity contribution in [2.24, 2.45) is 0 Å². The highest BCUT2D eigenvalue weighted by Gasteiger charge is 2.35. The van der Waals surface area contributed by atoms with Gasteiger partial charge in [-0.2, -0.15) is 0 Å². The van der Waals surface area contributed by atoms with Gasteiger partial charge in [-0.3, -0.25) is 0 Å². The maximum Gasteiger partial charge on any atom is 0.315 e. The molecular weight excluding hydrogens is 262 g/mol. The Morgan fingerprint density at radius 3 is 2.43 bits per heavy atom. The van der Waals surface area contributed by atoms with Gasteiger partial charge in [-0.05, 0) is 44.3 Å². The smallest absolute Gasteiger partial charge is 0.315 e. The Labute approximate surface area is 126 Å². The van der Waals surface area contributed by atoms with E-state index in [-0.39, 0.29) is 11.6 Å². The summed E-state index contributed by atoms with van der Waals surface area (Å²) < 4.78 is 0. The molecule has 1 heterocycles. The second-order valence-electron chi connectivity index (χ2n) is 6.28. The van der Waals surface area contributed by atoms with Crippen molar-refractivity contribution in [1.82, 2.24) is 16.0 Å². The lowest BCUT2D eigenvalue weighted by Gasteiger charge is -2.39. The maximum absolute atomic E-state index is 12.4. The molecule has 0 unspecified atom stereocenters. The van der Waals surface area contributed by atoms with Crippen LogP contribution in [0.3, 0.4) is 0 Å². The van der Waals surface area contributed by atoms with Gasteiger partial charge in [-0.15, -0.1) is 0 Å². The third-order valence-electron chi connectivity index (χ3n) is 4.83. The van der Waals surface area contributed by atoms with Crippen molar-refractivity contribution in [3.05, 3.63) is 35.9 Å². The third kappa shape index (κ3) is 3.38. The summed E-state index contributed by atoms with van der Waals surface area (Å²) in [5.74, 6) is 0. The Balaban J connectivity index is 1.71. The van der Waals surface area contributed by atoms with Crippen LogP contribution in [-0.4, -0.2) is 25.2 Å². The molecule has 2 aliphatic rings. The SMILES string of the molecule is O=C(NC1CCCC1)NC1(c2ccccc2)CCNCC1. The first kappa shape index (κ1) is 14.4. The average Bonchev–Trinajstić information content (AvgIpc) is 3.02. The van der Waals surface area contributed by atoms with Crippen LogP contribution < -0.4 is 16.0 Å². The molecule has 0 aromatic heterocycles. The Morgan fingerprint density at radius 2 is 1.76 bits per heavy atom. The highest BCUT2D eigenvalue weighted by atomic mass is 16.2. The van der Waals surface area contributed by atoms with Gasteiger partial charge in [-0.1, -0.05) is 43.2 Å². The number of rotatable bonds is 3. The molecular formula is C17H25N3O. The van der Waals surface area contributed by atoms with Gasteiger partial charge in [0.15, 0.2) is 0 Å². The molecule has 0 spiro atoms. The van der Waals surface area contributed by atoms with E-state index in [0.29, 0.717) is 6.04 Å². The molecule has 4 nitrogen and oxygen atoms in total. The normalized spacial score (nSPS) is 21.9. The predicted octanol–water partition coefficient (Wildman–Crippen LogP) is 2.51. The first-order valence-electron chi connectivity index (χ1n) is 8.13. The number of amides is 2. The molecule has 1 saturated carbocycles. The number of benzene rings is 1. The Morgan fingerprint density at radius 1 is 1.10 bits per heavy atom. The molecule has 3 N–H and O–H groups in total. The van der Waals surface area contributed by atoms with Crippen LogP contribution in [-0.2, 0) is 5.54 Å². The van der Waals surface area contributed by atoms with Crippen LogP contribution in [0.1, 0.15) is 44.1 Å². The summed E-state index contributed by atoms with van der Waals surface area (Å²) in [6.45, 7) is 1.89. The van der Waals surface area contributed by atoms with Crippen molar-refractivity contribution in [2.75, 3.05) is 13.1 Å². The molecule has 2 amide bonds. The molecule has 2 fully saturated rings. The van der Waals surface area contributed by atoms with E-state index in [9.17, 15) is 4.79 Å². The van der Waals surface area contributed by atoms with E-state index in [1.807, 2.05) is 6.07 Å². The van der Waals surface area contributed by atoms with Gasteiger partial charge in [0.2, 0.25) is 0 Å². The fourth-order valence-corrected chi connectivity index (χ4v) is 3.61. The fraction of sp³-hybridized carbons (Fsp3) is 0.588. The molecule has 0 radical (unpaired) electrons. The van der Waals surface area contributed by atoms with E-state index in [1.165, 1.54) is 18.4 Å². The largest absolute Gasteiger partial charge is 0.335 e. The minimum Gasteiger partial charge on any atom is -0.335 e. The van der Waals surface area contributed by atoms with E-state index < -0.39 is 0 Å². The molecule has 114 valence electrons. The van der Waals surface area contributed by atoms with Gasteiger partial charge in [0, 0.05) is 6.04 Å². The molecule has 3 rings (SSSR count). The summed E-state index contributed by atoms with van der Waals surface area (Å²) in [4.78, 5) is 12.4. The van der Waals surface area contributed by atoms with Crippen molar-refractivity contribution in [3.8, 4) is 0 Å². The maximum atomic E-state index is 12.4. The molecule has 0 bridgehead atoms. The monoisotopic (exact) mass is 287 g/mol. The van der Waals surface area contributed by atoms with Crippen molar-refractivity contribution in [2.45, 2.75) is 50.1 Å². The van der Waals surface area contributed by atoms with Gasteiger partial charge >= 0.3 is 6.03 Å². The van der Waals surface area contributed by atoms with Crippen LogP contribution in [0, 0.1) is 0 Å². The Kier molecular flexibility index (Phi) is 4.44. The van der Waals surface area contributed by atoms with Gasteiger partial charge < -0.3 is 16.0 Å². The molecule has 0 atom stereocenters. The zero-order valence-corrected chi connectivity index (χ0v) is 12.5. The Hall–Kier alpha value is -1.55. The fourth-order valence-electron chi connectivity index (χ4n) is 3.61. The van der Waals surface area contributed by atoms with Gasteiger partial charge in [0.25, 0.3) is 0 Å². The third-order valence-corrected chi connectivity index (χ3v) is 4.83. The summed E-state index contributed by atoms with van der Waals surface area (Å²) in [5, 5.41) is 9.82. The summed E-state index contributed by atoms with van der Waals surface area (Å²) >= 11 is 0. The second kappa shape index (κ2) is 6.48. The quantitative estimate of drug-likeness (QED) is 0.800. The lowest BCUT2D eigenvalue weighted by Crippen LogP contribution is -2.55. The minimum absolute atomic E-state index is 0.00680. The molecule has 4 heteroatoms. The van der Waals surface area contributed by atoms with Crippen LogP contribution in [0.2, 0.25) is 0 Å². The molecule has 1 aliphatic carbocycles. The van der Waals surface area contributed by atoms with Crippen molar-refractivity contribution >= 4 is 6.03 Å².